The predicted octanol–water partition coefficient (Wildman–Crippen LogP) is 1.61. The summed E-state index contributed by atoms with van der Waals surface area (Å²) in [4.78, 5) is 16.6. The van der Waals surface area contributed by atoms with Gasteiger partial charge in [-0.3, -0.25) is 4.90 Å². The fraction of sp³-hybridized carbons (Fsp3) is 0.941. The van der Waals surface area contributed by atoms with Gasteiger partial charge in [0.15, 0.2) is 0 Å². The molecule has 3 heterocycles. The van der Waals surface area contributed by atoms with Crippen LogP contribution in [0.3, 0.4) is 0 Å². The lowest BCUT2D eigenvalue weighted by atomic mass is 9.85. The van der Waals surface area contributed by atoms with E-state index in [0.29, 0.717) is 19.4 Å². The molecule has 6 nitrogen and oxygen atoms in total. The zero-order valence-electron chi connectivity index (χ0n) is 14.6. The summed E-state index contributed by atoms with van der Waals surface area (Å²) < 4.78 is 10.9. The van der Waals surface area contributed by atoms with Crippen LogP contribution in [0.25, 0.3) is 0 Å². The van der Waals surface area contributed by atoms with Crippen LogP contribution < -0.4 is 0 Å². The Morgan fingerprint density at radius 1 is 1.22 bits per heavy atom. The first-order chi connectivity index (χ1) is 10.8. The third-order valence-corrected chi connectivity index (χ3v) is 5.08. The quantitative estimate of drug-likeness (QED) is 0.835. The standard InChI is InChI=1S/C17H30N2O4/c1-16(2,3)23-15(20)19-13-4-5-14(19)11-17(21,10-13)12-18-6-8-22-9-7-18/h13-14,21H,4-12H2,1-3H3. The molecule has 0 aromatic carbocycles. The number of β-amino-alcohol motifs (C(OH)–C–C–N with tert-alkyl or cyclic N) is 1. The second-order valence-corrected chi connectivity index (χ2v) is 8.29. The molecular weight excluding hydrogens is 296 g/mol. The van der Waals surface area contributed by atoms with Crippen molar-refractivity contribution in [2.75, 3.05) is 32.8 Å². The Balaban J connectivity index is 1.62. The van der Waals surface area contributed by atoms with Crippen LogP contribution in [0.2, 0.25) is 0 Å². The van der Waals surface area contributed by atoms with Gasteiger partial charge in [-0.25, -0.2) is 4.79 Å². The number of carbonyl (C=O) groups excluding carboxylic acids is 1. The van der Waals surface area contributed by atoms with Crippen molar-refractivity contribution >= 4 is 6.09 Å². The number of morpholine rings is 1. The molecule has 2 unspecified atom stereocenters. The van der Waals surface area contributed by atoms with E-state index in [-0.39, 0.29) is 18.2 Å². The lowest BCUT2D eigenvalue weighted by Gasteiger charge is -2.46. The second kappa shape index (κ2) is 6.22. The maximum Gasteiger partial charge on any atom is 0.410 e. The van der Waals surface area contributed by atoms with E-state index >= 15 is 0 Å². The van der Waals surface area contributed by atoms with Crippen molar-refractivity contribution in [1.82, 2.24) is 9.80 Å². The number of fused-ring (bicyclic) bond motifs is 2. The number of hydrogen-bond donors (Lipinski definition) is 1. The van der Waals surface area contributed by atoms with Gasteiger partial charge in [0.05, 0.1) is 18.8 Å². The Morgan fingerprint density at radius 3 is 2.30 bits per heavy atom. The first kappa shape index (κ1) is 17.0. The average Bonchev–Trinajstić information content (AvgIpc) is 2.71. The summed E-state index contributed by atoms with van der Waals surface area (Å²) >= 11 is 0. The number of rotatable bonds is 2. The van der Waals surface area contributed by atoms with Crippen LogP contribution in [0, 0.1) is 0 Å². The highest BCUT2D eigenvalue weighted by Crippen LogP contribution is 2.42. The topological polar surface area (TPSA) is 62.2 Å². The van der Waals surface area contributed by atoms with Gasteiger partial charge in [-0.2, -0.15) is 0 Å². The Kier molecular flexibility index (Phi) is 4.60. The van der Waals surface area contributed by atoms with Gasteiger partial charge >= 0.3 is 6.09 Å². The Labute approximate surface area is 138 Å². The van der Waals surface area contributed by atoms with E-state index in [2.05, 4.69) is 4.90 Å². The Bertz CT molecular complexity index is 428. The molecule has 3 aliphatic heterocycles. The van der Waals surface area contributed by atoms with E-state index in [1.165, 1.54) is 0 Å². The summed E-state index contributed by atoms with van der Waals surface area (Å²) in [5, 5.41) is 11.1. The zero-order chi connectivity index (χ0) is 16.7. The number of amides is 1. The van der Waals surface area contributed by atoms with Crippen molar-refractivity contribution in [3.8, 4) is 0 Å². The van der Waals surface area contributed by atoms with Crippen molar-refractivity contribution < 1.29 is 19.4 Å². The van der Waals surface area contributed by atoms with Crippen molar-refractivity contribution in [3.63, 3.8) is 0 Å². The summed E-state index contributed by atoms with van der Waals surface area (Å²) in [6.45, 7) is 9.62. The summed E-state index contributed by atoms with van der Waals surface area (Å²) in [6.07, 6.45) is 3.02. The van der Waals surface area contributed by atoms with Crippen molar-refractivity contribution in [2.24, 2.45) is 0 Å². The molecule has 0 saturated carbocycles. The van der Waals surface area contributed by atoms with E-state index in [1.54, 1.807) is 0 Å². The van der Waals surface area contributed by atoms with Crippen molar-refractivity contribution in [1.29, 1.82) is 0 Å². The van der Waals surface area contributed by atoms with Crippen LogP contribution in [0.15, 0.2) is 0 Å². The van der Waals surface area contributed by atoms with Gasteiger partial charge in [0.25, 0.3) is 0 Å². The molecule has 132 valence electrons. The molecule has 1 amide bonds. The lowest BCUT2D eigenvalue weighted by Crippen LogP contribution is -2.58. The zero-order valence-corrected chi connectivity index (χ0v) is 14.6. The largest absolute Gasteiger partial charge is 0.444 e. The highest BCUT2D eigenvalue weighted by atomic mass is 16.6. The van der Waals surface area contributed by atoms with E-state index in [4.69, 9.17) is 9.47 Å². The minimum Gasteiger partial charge on any atom is -0.444 e. The SMILES string of the molecule is CC(C)(C)OC(=O)N1C2CCC1CC(O)(CN1CCOCC1)C2. The number of carbonyl (C=O) groups is 1. The van der Waals surface area contributed by atoms with Gasteiger partial charge < -0.3 is 19.5 Å². The molecule has 2 atom stereocenters. The van der Waals surface area contributed by atoms with Crippen molar-refractivity contribution in [3.05, 3.63) is 0 Å². The minimum atomic E-state index is -0.693. The molecule has 3 aliphatic rings. The van der Waals surface area contributed by atoms with Crippen LogP contribution in [-0.2, 0) is 9.47 Å². The van der Waals surface area contributed by atoms with Crippen LogP contribution in [0.5, 0.6) is 0 Å². The molecule has 0 spiro atoms. The molecule has 2 bridgehead atoms. The molecule has 3 saturated heterocycles. The fourth-order valence-electron chi connectivity index (χ4n) is 4.24. The maximum atomic E-state index is 12.5. The van der Waals surface area contributed by atoms with E-state index < -0.39 is 11.2 Å². The number of hydrogen-bond acceptors (Lipinski definition) is 5. The summed E-state index contributed by atoms with van der Waals surface area (Å²) in [7, 11) is 0. The minimum absolute atomic E-state index is 0.106. The maximum absolute atomic E-state index is 12.5. The average molecular weight is 326 g/mol. The normalized spacial score (nSPS) is 35.4. The summed E-state index contributed by atoms with van der Waals surface area (Å²) in [6, 6.07) is 0.212. The highest BCUT2D eigenvalue weighted by Gasteiger charge is 2.50. The predicted molar refractivity (Wildman–Crippen MR) is 86.3 cm³/mol. The molecular formula is C17H30N2O4. The third kappa shape index (κ3) is 3.98. The van der Waals surface area contributed by atoms with Gasteiger partial charge in [-0.05, 0) is 46.5 Å². The summed E-state index contributed by atoms with van der Waals surface area (Å²) in [5.41, 5.74) is -1.17. The van der Waals surface area contributed by atoms with Crippen molar-refractivity contribution in [2.45, 2.75) is 69.7 Å². The monoisotopic (exact) mass is 326 g/mol. The smallest absolute Gasteiger partial charge is 0.410 e. The molecule has 1 N–H and O–H groups in total. The molecule has 6 heteroatoms. The van der Waals surface area contributed by atoms with Gasteiger partial charge in [0, 0.05) is 31.7 Å². The molecule has 0 radical (unpaired) electrons. The Hall–Kier alpha value is -0.850. The molecule has 3 fully saturated rings. The van der Waals surface area contributed by atoms with Crippen LogP contribution in [-0.4, -0.2) is 77.1 Å². The molecule has 23 heavy (non-hydrogen) atoms. The number of piperidine rings is 1. The number of ether oxygens (including phenoxy) is 2. The second-order valence-electron chi connectivity index (χ2n) is 8.29. The highest BCUT2D eigenvalue weighted by molar-refractivity contribution is 5.69. The first-order valence-corrected chi connectivity index (χ1v) is 8.80. The molecule has 0 aromatic rings. The molecule has 0 aliphatic carbocycles. The lowest BCUT2D eigenvalue weighted by molar-refractivity contribution is -0.0844. The molecule has 0 aromatic heterocycles. The summed E-state index contributed by atoms with van der Waals surface area (Å²) in [5.74, 6) is 0. The molecule has 3 rings (SSSR count). The number of aliphatic hydroxyl groups is 1. The van der Waals surface area contributed by atoms with Gasteiger partial charge in [-0.15, -0.1) is 0 Å². The first-order valence-electron chi connectivity index (χ1n) is 8.80. The third-order valence-electron chi connectivity index (χ3n) is 5.08. The van der Waals surface area contributed by atoms with Gasteiger partial charge in [-0.1, -0.05) is 0 Å². The van der Waals surface area contributed by atoms with Crippen LogP contribution in [0.1, 0.15) is 46.5 Å². The fourth-order valence-corrected chi connectivity index (χ4v) is 4.24. The van der Waals surface area contributed by atoms with Crippen LogP contribution >= 0.6 is 0 Å². The van der Waals surface area contributed by atoms with Gasteiger partial charge in [0.2, 0.25) is 0 Å². The van der Waals surface area contributed by atoms with Crippen LogP contribution in [0.4, 0.5) is 4.79 Å². The van der Waals surface area contributed by atoms with Gasteiger partial charge in [0.1, 0.15) is 5.60 Å². The number of nitrogens with zero attached hydrogens (tertiary/aromatic N) is 2. The van der Waals surface area contributed by atoms with E-state index in [0.717, 1.165) is 39.1 Å². The van der Waals surface area contributed by atoms with E-state index in [9.17, 15) is 9.90 Å². The Morgan fingerprint density at radius 2 is 1.78 bits per heavy atom. The van der Waals surface area contributed by atoms with E-state index in [1.807, 2.05) is 25.7 Å².